The number of halogens is 1. The fourth-order valence-electron chi connectivity index (χ4n) is 3.07. The number of aromatic nitrogens is 5. The lowest BCUT2D eigenvalue weighted by Crippen LogP contribution is -2.15. The Hall–Kier alpha value is -3.35. The molecule has 0 amide bonds. The van der Waals surface area contributed by atoms with Gasteiger partial charge in [-0.2, -0.15) is 10.2 Å². The van der Waals surface area contributed by atoms with Crippen molar-refractivity contribution in [2.45, 2.75) is 19.8 Å². The third-order valence-corrected chi connectivity index (χ3v) is 4.33. The Labute approximate surface area is 148 Å². The number of rotatable bonds is 3. The van der Waals surface area contributed by atoms with Crippen molar-refractivity contribution in [3.63, 3.8) is 0 Å². The van der Waals surface area contributed by atoms with Gasteiger partial charge in [0.15, 0.2) is 0 Å². The second-order valence-corrected chi connectivity index (χ2v) is 6.11. The van der Waals surface area contributed by atoms with Crippen LogP contribution in [0.2, 0.25) is 0 Å². The molecule has 1 atom stereocenters. The van der Waals surface area contributed by atoms with Gasteiger partial charge in [-0.15, -0.1) is 0 Å². The summed E-state index contributed by atoms with van der Waals surface area (Å²) in [5, 5.41) is 12.6. The molecule has 0 aliphatic carbocycles. The first-order valence-electron chi connectivity index (χ1n) is 8.21. The van der Waals surface area contributed by atoms with Crippen molar-refractivity contribution in [3.05, 3.63) is 82.0 Å². The molecule has 0 saturated carbocycles. The number of aryl methyl sites for hydroxylation is 1. The van der Waals surface area contributed by atoms with E-state index in [1.165, 1.54) is 12.1 Å². The van der Waals surface area contributed by atoms with Gasteiger partial charge in [-0.3, -0.25) is 4.79 Å². The average molecular weight is 349 g/mol. The molecule has 26 heavy (non-hydrogen) atoms. The number of nitrogens with one attached hydrogen (secondary N) is 1. The number of aromatic amines is 1. The Morgan fingerprint density at radius 3 is 2.50 bits per heavy atom. The summed E-state index contributed by atoms with van der Waals surface area (Å²) in [6.45, 7) is 3.76. The lowest BCUT2D eigenvalue weighted by Gasteiger charge is -2.14. The number of nitrogens with zero attached hydrogens (tertiary/aromatic N) is 4. The first-order chi connectivity index (χ1) is 12.5. The van der Waals surface area contributed by atoms with E-state index >= 15 is 0 Å². The van der Waals surface area contributed by atoms with Crippen molar-refractivity contribution in [2.75, 3.05) is 0 Å². The summed E-state index contributed by atoms with van der Waals surface area (Å²) < 4.78 is 14.9. The van der Waals surface area contributed by atoms with Crippen LogP contribution in [0.1, 0.15) is 30.2 Å². The van der Waals surface area contributed by atoms with Gasteiger partial charge in [0, 0.05) is 5.39 Å². The molecule has 2 heterocycles. The Bertz CT molecular complexity index is 1150. The molecule has 6 nitrogen and oxygen atoms in total. The van der Waals surface area contributed by atoms with E-state index in [9.17, 15) is 9.18 Å². The summed E-state index contributed by atoms with van der Waals surface area (Å²) in [6, 6.07) is 13.4. The van der Waals surface area contributed by atoms with Gasteiger partial charge in [0.1, 0.15) is 17.5 Å². The van der Waals surface area contributed by atoms with Crippen LogP contribution >= 0.6 is 0 Å². The van der Waals surface area contributed by atoms with Crippen molar-refractivity contribution in [2.24, 2.45) is 0 Å². The van der Waals surface area contributed by atoms with E-state index in [4.69, 9.17) is 0 Å². The van der Waals surface area contributed by atoms with Crippen LogP contribution in [0.25, 0.3) is 16.5 Å². The van der Waals surface area contributed by atoms with E-state index in [1.807, 2.05) is 25.1 Å². The molecule has 0 saturated heterocycles. The van der Waals surface area contributed by atoms with E-state index in [1.54, 1.807) is 29.8 Å². The van der Waals surface area contributed by atoms with Gasteiger partial charge in [-0.25, -0.2) is 19.2 Å². The van der Waals surface area contributed by atoms with Crippen LogP contribution in [-0.4, -0.2) is 25.0 Å². The minimum absolute atomic E-state index is 0.229. The Morgan fingerprint density at radius 2 is 1.77 bits per heavy atom. The van der Waals surface area contributed by atoms with Gasteiger partial charge in [-0.05, 0) is 44.2 Å². The first-order valence-corrected chi connectivity index (χ1v) is 8.21. The topological polar surface area (TPSA) is 76.5 Å². The monoisotopic (exact) mass is 349 g/mol. The summed E-state index contributed by atoms with van der Waals surface area (Å²) in [4.78, 5) is 16.6. The molecule has 0 spiro atoms. The van der Waals surface area contributed by atoms with Crippen LogP contribution in [0.15, 0.2) is 53.3 Å². The van der Waals surface area contributed by atoms with E-state index in [2.05, 4.69) is 20.3 Å². The largest absolute Gasteiger partial charge is 0.272 e. The lowest BCUT2D eigenvalue weighted by atomic mass is 10.0. The van der Waals surface area contributed by atoms with Gasteiger partial charge in [0.2, 0.25) is 0 Å². The molecule has 0 unspecified atom stereocenters. The van der Waals surface area contributed by atoms with Crippen LogP contribution in [0.4, 0.5) is 4.39 Å². The first kappa shape index (κ1) is 16.1. The van der Waals surface area contributed by atoms with E-state index in [-0.39, 0.29) is 17.3 Å². The Kier molecular flexibility index (Phi) is 3.84. The molecule has 2 aromatic heterocycles. The van der Waals surface area contributed by atoms with Gasteiger partial charge >= 0.3 is 0 Å². The van der Waals surface area contributed by atoms with Gasteiger partial charge in [0.25, 0.3) is 5.56 Å². The van der Waals surface area contributed by atoms with Crippen molar-refractivity contribution < 1.29 is 4.39 Å². The summed E-state index contributed by atoms with van der Waals surface area (Å²) in [7, 11) is 0. The van der Waals surface area contributed by atoms with Crippen molar-refractivity contribution in [1.29, 1.82) is 0 Å². The molecule has 130 valence electrons. The zero-order valence-corrected chi connectivity index (χ0v) is 14.3. The van der Waals surface area contributed by atoms with Gasteiger partial charge < -0.3 is 0 Å². The lowest BCUT2D eigenvalue weighted by molar-refractivity contribution is 0.626. The number of fused-ring (bicyclic) bond motifs is 1. The maximum atomic E-state index is 13.3. The van der Waals surface area contributed by atoms with Crippen molar-refractivity contribution in [3.8, 4) is 5.69 Å². The fraction of sp³-hybridized carbons (Fsp3) is 0.158. The molecule has 0 aliphatic heterocycles. The number of hydrogen-bond donors (Lipinski definition) is 1. The highest BCUT2D eigenvalue weighted by Crippen LogP contribution is 2.27. The highest BCUT2D eigenvalue weighted by atomic mass is 19.1. The molecule has 4 rings (SSSR count). The second-order valence-electron chi connectivity index (χ2n) is 6.11. The van der Waals surface area contributed by atoms with Crippen LogP contribution < -0.4 is 5.56 Å². The summed E-state index contributed by atoms with van der Waals surface area (Å²) >= 11 is 0. The summed E-state index contributed by atoms with van der Waals surface area (Å²) in [5.41, 5.74) is 1.19. The molecule has 0 fully saturated rings. The highest BCUT2D eigenvalue weighted by molar-refractivity contribution is 5.84. The quantitative estimate of drug-likeness (QED) is 0.617. The zero-order chi connectivity index (χ0) is 18.3. The molecule has 7 heteroatoms. The van der Waals surface area contributed by atoms with Gasteiger partial charge in [-0.1, -0.05) is 18.2 Å². The van der Waals surface area contributed by atoms with Crippen molar-refractivity contribution >= 4 is 10.8 Å². The third-order valence-electron chi connectivity index (χ3n) is 4.33. The standard InChI is InChI=1S/C19H16FN5O/c1-11(17-15-5-3-4-6-16(15)19(26)23-22-17)18-21-12(2)24-25(18)14-9-7-13(20)8-10-14/h3-11H,1-2H3,(H,23,26)/t11-/m1/s1. The van der Waals surface area contributed by atoms with Crippen LogP contribution in [0.5, 0.6) is 0 Å². The molecule has 2 aromatic carbocycles. The van der Waals surface area contributed by atoms with Crippen LogP contribution in [-0.2, 0) is 0 Å². The number of H-pyrrole nitrogens is 1. The Balaban J connectivity index is 1.88. The van der Waals surface area contributed by atoms with E-state index in [0.29, 0.717) is 28.4 Å². The molecule has 1 N–H and O–H groups in total. The predicted octanol–water partition coefficient (Wildman–Crippen LogP) is 3.10. The SMILES string of the molecule is Cc1nc([C@H](C)c2n[nH]c(=O)c3ccccc23)n(-c2ccc(F)cc2)n1. The third kappa shape index (κ3) is 2.67. The maximum Gasteiger partial charge on any atom is 0.272 e. The summed E-state index contributed by atoms with van der Waals surface area (Å²) in [6.07, 6.45) is 0. The highest BCUT2D eigenvalue weighted by Gasteiger charge is 2.22. The van der Waals surface area contributed by atoms with Crippen LogP contribution in [0.3, 0.4) is 0 Å². The maximum absolute atomic E-state index is 13.3. The molecular formula is C19H16FN5O. The fourth-order valence-corrected chi connectivity index (χ4v) is 3.07. The average Bonchev–Trinajstić information content (AvgIpc) is 3.04. The zero-order valence-electron chi connectivity index (χ0n) is 14.3. The predicted molar refractivity (Wildman–Crippen MR) is 95.9 cm³/mol. The van der Waals surface area contributed by atoms with E-state index in [0.717, 1.165) is 5.39 Å². The molecule has 0 aliphatic rings. The smallest absolute Gasteiger partial charge is 0.267 e. The van der Waals surface area contributed by atoms with Crippen LogP contribution in [0, 0.1) is 12.7 Å². The second kappa shape index (κ2) is 6.18. The van der Waals surface area contributed by atoms with Gasteiger partial charge in [0.05, 0.1) is 22.7 Å². The number of benzene rings is 2. The van der Waals surface area contributed by atoms with E-state index < -0.39 is 0 Å². The number of hydrogen-bond acceptors (Lipinski definition) is 4. The minimum Gasteiger partial charge on any atom is -0.267 e. The summed E-state index contributed by atoms with van der Waals surface area (Å²) in [5.74, 6) is 0.722. The molecule has 0 bridgehead atoms. The molecule has 0 radical (unpaired) electrons. The normalized spacial score (nSPS) is 12.4. The molecule has 4 aromatic rings. The minimum atomic E-state index is -0.312. The molecular weight excluding hydrogens is 333 g/mol. The van der Waals surface area contributed by atoms with Crippen molar-refractivity contribution in [1.82, 2.24) is 25.0 Å². The Morgan fingerprint density at radius 1 is 1.08 bits per heavy atom.